The van der Waals surface area contributed by atoms with Gasteiger partial charge < -0.3 is 10.5 Å². The highest BCUT2D eigenvalue weighted by molar-refractivity contribution is 6.23. The molecule has 0 aliphatic carbocycles. The standard InChI is InChI=1S/C11H10N2O3/c12-8-3-1-2-7-9(8)11(15)13(10(7)14)6-4-16-5-6/h1-3,6H,4-5,12H2. The van der Waals surface area contributed by atoms with Gasteiger partial charge in [-0.15, -0.1) is 0 Å². The van der Waals surface area contributed by atoms with Crippen LogP contribution in [0.3, 0.4) is 0 Å². The van der Waals surface area contributed by atoms with Crippen molar-refractivity contribution < 1.29 is 14.3 Å². The predicted octanol–water partition coefficient (Wildman–Crippen LogP) is 0.264. The quantitative estimate of drug-likeness (QED) is 0.542. The lowest BCUT2D eigenvalue weighted by atomic mass is 10.1. The van der Waals surface area contributed by atoms with E-state index in [2.05, 4.69) is 0 Å². The molecule has 0 unspecified atom stereocenters. The Morgan fingerprint density at radius 3 is 2.56 bits per heavy atom. The van der Waals surface area contributed by atoms with Gasteiger partial charge in [0.25, 0.3) is 11.8 Å². The zero-order valence-corrected chi connectivity index (χ0v) is 8.47. The van der Waals surface area contributed by atoms with Crippen molar-refractivity contribution >= 4 is 17.5 Å². The number of amides is 2. The molecule has 5 heteroatoms. The first-order valence-corrected chi connectivity index (χ1v) is 5.04. The molecule has 2 amide bonds. The molecule has 0 atom stereocenters. The van der Waals surface area contributed by atoms with E-state index in [0.29, 0.717) is 30.0 Å². The first-order chi connectivity index (χ1) is 7.70. The fraction of sp³-hybridized carbons (Fsp3) is 0.273. The predicted molar refractivity (Wildman–Crippen MR) is 56.0 cm³/mol. The number of carbonyl (C=O) groups is 2. The lowest BCUT2D eigenvalue weighted by Gasteiger charge is -2.32. The van der Waals surface area contributed by atoms with Crippen LogP contribution in [0.1, 0.15) is 20.7 Å². The Hall–Kier alpha value is -1.88. The average molecular weight is 218 g/mol. The van der Waals surface area contributed by atoms with Crippen molar-refractivity contribution in [2.24, 2.45) is 0 Å². The highest BCUT2D eigenvalue weighted by Gasteiger charge is 2.43. The summed E-state index contributed by atoms with van der Waals surface area (Å²) in [6, 6.07) is 4.81. The Bertz CT molecular complexity index is 494. The normalized spacial score (nSPS) is 19.9. The largest absolute Gasteiger partial charge is 0.398 e. The van der Waals surface area contributed by atoms with Gasteiger partial charge in [0.1, 0.15) is 0 Å². The Labute approximate surface area is 91.8 Å². The van der Waals surface area contributed by atoms with Gasteiger partial charge in [-0.2, -0.15) is 0 Å². The van der Waals surface area contributed by atoms with Gasteiger partial charge in [0.2, 0.25) is 0 Å². The van der Waals surface area contributed by atoms with Gasteiger partial charge in [0, 0.05) is 5.69 Å². The number of nitrogens with two attached hydrogens (primary N) is 1. The van der Waals surface area contributed by atoms with Gasteiger partial charge in [-0.1, -0.05) is 6.07 Å². The van der Waals surface area contributed by atoms with Crippen LogP contribution in [0, 0.1) is 0 Å². The lowest BCUT2D eigenvalue weighted by Crippen LogP contribution is -2.51. The van der Waals surface area contributed by atoms with E-state index >= 15 is 0 Å². The molecule has 1 aromatic rings. The number of carbonyl (C=O) groups excluding carboxylic acids is 2. The summed E-state index contributed by atoms with van der Waals surface area (Å²) in [5.74, 6) is -0.563. The summed E-state index contributed by atoms with van der Waals surface area (Å²) < 4.78 is 5.00. The number of rotatable bonds is 1. The second kappa shape index (κ2) is 3.05. The Kier molecular flexibility index (Phi) is 1.79. The molecule has 2 aliphatic heterocycles. The molecule has 2 N–H and O–H groups in total. The van der Waals surface area contributed by atoms with Crippen molar-refractivity contribution in [3.05, 3.63) is 29.3 Å². The minimum absolute atomic E-state index is 0.133. The minimum Gasteiger partial charge on any atom is -0.398 e. The number of anilines is 1. The van der Waals surface area contributed by atoms with Crippen LogP contribution in [-0.4, -0.2) is 36.0 Å². The van der Waals surface area contributed by atoms with Gasteiger partial charge in [-0.05, 0) is 12.1 Å². The monoisotopic (exact) mass is 218 g/mol. The topological polar surface area (TPSA) is 72.6 Å². The number of fused-ring (bicyclic) bond motifs is 1. The molecule has 1 fully saturated rings. The van der Waals surface area contributed by atoms with Crippen LogP contribution in [0.25, 0.3) is 0 Å². The van der Waals surface area contributed by atoms with Crippen molar-refractivity contribution in [1.82, 2.24) is 4.90 Å². The van der Waals surface area contributed by atoms with Gasteiger partial charge >= 0.3 is 0 Å². The second-order valence-electron chi connectivity index (χ2n) is 3.94. The van der Waals surface area contributed by atoms with E-state index in [1.807, 2.05) is 0 Å². The third-order valence-corrected chi connectivity index (χ3v) is 2.96. The van der Waals surface area contributed by atoms with Crippen LogP contribution in [0.15, 0.2) is 18.2 Å². The number of hydrogen-bond acceptors (Lipinski definition) is 4. The number of benzene rings is 1. The number of ether oxygens (including phenoxy) is 1. The van der Waals surface area contributed by atoms with Gasteiger partial charge in [0.05, 0.1) is 30.4 Å². The number of hydrogen-bond donors (Lipinski definition) is 1. The SMILES string of the molecule is Nc1cccc2c1C(=O)N(C1COC1)C2=O. The summed E-state index contributed by atoms with van der Waals surface area (Å²) in [4.78, 5) is 25.3. The Morgan fingerprint density at radius 1 is 1.25 bits per heavy atom. The van der Waals surface area contributed by atoms with Gasteiger partial charge in [-0.25, -0.2) is 0 Å². The zero-order chi connectivity index (χ0) is 11.3. The molecule has 16 heavy (non-hydrogen) atoms. The third kappa shape index (κ3) is 1.03. The molecule has 0 radical (unpaired) electrons. The third-order valence-electron chi connectivity index (χ3n) is 2.96. The van der Waals surface area contributed by atoms with E-state index < -0.39 is 0 Å². The van der Waals surface area contributed by atoms with Crippen LogP contribution in [-0.2, 0) is 4.74 Å². The minimum atomic E-state index is -0.300. The van der Waals surface area contributed by atoms with Crippen LogP contribution in [0.4, 0.5) is 5.69 Å². The maximum atomic E-state index is 12.0. The maximum absolute atomic E-state index is 12.0. The van der Waals surface area contributed by atoms with Gasteiger partial charge in [-0.3, -0.25) is 14.5 Å². The van der Waals surface area contributed by atoms with E-state index in [4.69, 9.17) is 10.5 Å². The van der Waals surface area contributed by atoms with E-state index in [1.165, 1.54) is 4.90 Å². The van der Waals surface area contributed by atoms with Crippen molar-refractivity contribution in [2.45, 2.75) is 6.04 Å². The fourth-order valence-electron chi connectivity index (χ4n) is 2.03. The molecule has 3 rings (SSSR count). The molecule has 0 spiro atoms. The number of imide groups is 1. The van der Waals surface area contributed by atoms with Crippen LogP contribution in [0.5, 0.6) is 0 Å². The summed E-state index contributed by atoms with van der Waals surface area (Å²) >= 11 is 0. The maximum Gasteiger partial charge on any atom is 0.264 e. The average Bonchev–Trinajstić information content (AvgIpc) is 2.42. The highest BCUT2D eigenvalue weighted by atomic mass is 16.5. The first kappa shape index (κ1) is 9.35. The van der Waals surface area contributed by atoms with E-state index in [1.54, 1.807) is 18.2 Å². The summed E-state index contributed by atoms with van der Waals surface area (Å²) in [7, 11) is 0. The lowest BCUT2D eigenvalue weighted by molar-refractivity contribution is -0.0441. The molecule has 0 bridgehead atoms. The molecular formula is C11H10N2O3. The summed E-state index contributed by atoms with van der Waals surface area (Å²) in [6.45, 7) is 0.844. The summed E-state index contributed by atoms with van der Waals surface area (Å²) in [6.07, 6.45) is 0. The fourth-order valence-corrected chi connectivity index (χ4v) is 2.03. The molecule has 1 saturated heterocycles. The summed E-state index contributed by atoms with van der Waals surface area (Å²) in [5.41, 5.74) is 6.81. The number of nitrogen functional groups attached to an aromatic ring is 1. The van der Waals surface area contributed by atoms with Crippen molar-refractivity contribution in [3.8, 4) is 0 Å². The van der Waals surface area contributed by atoms with Crippen LogP contribution < -0.4 is 5.73 Å². The smallest absolute Gasteiger partial charge is 0.264 e. The van der Waals surface area contributed by atoms with Crippen molar-refractivity contribution in [1.29, 1.82) is 0 Å². The zero-order valence-electron chi connectivity index (χ0n) is 8.47. The summed E-state index contributed by atoms with van der Waals surface area (Å²) in [5, 5.41) is 0. The van der Waals surface area contributed by atoms with Crippen LogP contribution >= 0.6 is 0 Å². The number of nitrogens with zero attached hydrogens (tertiary/aromatic N) is 1. The van der Waals surface area contributed by atoms with Crippen molar-refractivity contribution in [3.63, 3.8) is 0 Å². The molecule has 0 aromatic heterocycles. The molecule has 82 valence electrons. The van der Waals surface area contributed by atoms with Gasteiger partial charge in [0.15, 0.2) is 0 Å². The molecular weight excluding hydrogens is 208 g/mol. The Morgan fingerprint density at radius 2 is 2.00 bits per heavy atom. The second-order valence-corrected chi connectivity index (χ2v) is 3.94. The molecule has 2 aliphatic rings. The molecule has 5 nitrogen and oxygen atoms in total. The van der Waals surface area contributed by atoms with Crippen LogP contribution in [0.2, 0.25) is 0 Å². The van der Waals surface area contributed by atoms with Crippen molar-refractivity contribution in [2.75, 3.05) is 18.9 Å². The molecule has 0 saturated carbocycles. The Balaban J connectivity index is 2.09. The van der Waals surface area contributed by atoms with E-state index in [-0.39, 0.29) is 17.9 Å². The van der Waals surface area contributed by atoms with E-state index in [0.717, 1.165) is 0 Å². The highest BCUT2D eigenvalue weighted by Crippen LogP contribution is 2.30. The molecule has 1 aromatic carbocycles. The van der Waals surface area contributed by atoms with E-state index in [9.17, 15) is 9.59 Å². The molecule has 2 heterocycles. The first-order valence-electron chi connectivity index (χ1n) is 5.04.